The number of benzene rings is 2. The lowest BCUT2D eigenvalue weighted by Gasteiger charge is -2.10. The van der Waals surface area contributed by atoms with E-state index in [1.165, 1.54) is 6.07 Å². The molecule has 134 valence electrons. The average Bonchev–Trinajstić information content (AvgIpc) is 3.41. The quantitative estimate of drug-likeness (QED) is 0.409. The third-order valence-corrected chi connectivity index (χ3v) is 5.25. The molecule has 1 aliphatic carbocycles. The van der Waals surface area contributed by atoms with Crippen molar-refractivity contribution < 1.29 is 9.13 Å². The summed E-state index contributed by atoms with van der Waals surface area (Å²) >= 11 is 7.44. The zero-order chi connectivity index (χ0) is 17.9. The van der Waals surface area contributed by atoms with Gasteiger partial charge in [0.05, 0.1) is 12.2 Å². The first-order chi connectivity index (χ1) is 12.7. The molecule has 0 unspecified atom stereocenters. The number of halogens is 2. The molecule has 0 aliphatic heterocycles. The molecule has 1 saturated carbocycles. The average molecular weight is 390 g/mol. The van der Waals surface area contributed by atoms with Crippen molar-refractivity contribution in [3.05, 3.63) is 59.4 Å². The van der Waals surface area contributed by atoms with Crippen molar-refractivity contribution in [2.24, 2.45) is 0 Å². The van der Waals surface area contributed by atoms with Crippen LogP contribution in [-0.2, 0) is 0 Å². The maximum absolute atomic E-state index is 14.2. The largest absolute Gasteiger partial charge is 0.493 e. The molecule has 0 spiro atoms. The summed E-state index contributed by atoms with van der Waals surface area (Å²) in [6, 6.07) is 14.3. The Labute approximate surface area is 160 Å². The summed E-state index contributed by atoms with van der Waals surface area (Å²) in [7, 11) is 0. The molecule has 0 amide bonds. The van der Waals surface area contributed by atoms with Crippen LogP contribution in [0.1, 0.15) is 18.9 Å². The van der Waals surface area contributed by atoms with Gasteiger partial charge in [-0.3, -0.25) is 4.57 Å². The maximum atomic E-state index is 14.2. The van der Waals surface area contributed by atoms with Gasteiger partial charge in [-0.1, -0.05) is 35.5 Å². The van der Waals surface area contributed by atoms with E-state index in [0.717, 1.165) is 29.5 Å². The molecule has 1 fully saturated rings. The lowest BCUT2D eigenvalue weighted by Crippen LogP contribution is -2.04. The zero-order valence-corrected chi connectivity index (χ0v) is 15.5. The number of nitrogens with zero attached hydrogens (tertiary/aromatic N) is 3. The molecule has 0 atom stereocenters. The molecule has 4 rings (SSSR count). The molecule has 1 aliphatic rings. The fourth-order valence-corrected chi connectivity index (χ4v) is 3.64. The second-order valence-electron chi connectivity index (χ2n) is 6.04. The van der Waals surface area contributed by atoms with E-state index >= 15 is 0 Å². The SMILES string of the molecule is Fc1ccccc1-c1nnc(SCCOc2ccc(Cl)cc2)n1C1CC1. The normalized spacial score (nSPS) is 13.8. The highest BCUT2D eigenvalue weighted by Crippen LogP contribution is 2.41. The molecule has 2 aromatic carbocycles. The number of aromatic nitrogens is 3. The van der Waals surface area contributed by atoms with E-state index in [9.17, 15) is 4.39 Å². The highest BCUT2D eigenvalue weighted by atomic mass is 35.5. The Morgan fingerprint density at radius 3 is 2.62 bits per heavy atom. The minimum atomic E-state index is -0.274. The summed E-state index contributed by atoms with van der Waals surface area (Å²) < 4.78 is 21.9. The topological polar surface area (TPSA) is 39.9 Å². The summed E-state index contributed by atoms with van der Waals surface area (Å²) in [4.78, 5) is 0. The van der Waals surface area contributed by atoms with Gasteiger partial charge in [0.15, 0.2) is 11.0 Å². The van der Waals surface area contributed by atoms with Crippen LogP contribution in [0.4, 0.5) is 4.39 Å². The Bertz CT molecular complexity index is 896. The summed E-state index contributed by atoms with van der Waals surface area (Å²) in [6.07, 6.45) is 2.16. The zero-order valence-electron chi connectivity index (χ0n) is 13.9. The highest BCUT2D eigenvalue weighted by molar-refractivity contribution is 7.99. The minimum absolute atomic E-state index is 0.274. The van der Waals surface area contributed by atoms with Crippen molar-refractivity contribution in [1.82, 2.24) is 14.8 Å². The van der Waals surface area contributed by atoms with Crippen molar-refractivity contribution in [3.8, 4) is 17.1 Å². The van der Waals surface area contributed by atoms with Crippen molar-refractivity contribution in [2.45, 2.75) is 24.0 Å². The van der Waals surface area contributed by atoms with Gasteiger partial charge in [-0.05, 0) is 49.2 Å². The molecule has 3 aromatic rings. The van der Waals surface area contributed by atoms with E-state index in [1.807, 2.05) is 18.2 Å². The van der Waals surface area contributed by atoms with Gasteiger partial charge in [0.1, 0.15) is 11.6 Å². The molecular formula is C19H17ClFN3OS. The van der Waals surface area contributed by atoms with Gasteiger partial charge in [0, 0.05) is 16.8 Å². The van der Waals surface area contributed by atoms with E-state index < -0.39 is 0 Å². The first-order valence-corrected chi connectivity index (χ1v) is 9.79. The maximum Gasteiger partial charge on any atom is 0.191 e. The van der Waals surface area contributed by atoms with Gasteiger partial charge in [-0.15, -0.1) is 10.2 Å². The molecule has 0 N–H and O–H groups in total. The number of ether oxygens (including phenoxy) is 1. The number of thioether (sulfide) groups is 1. The second-order valence-corrected chi connectivity index (χ2v) is 7.54. The Kier molecular flexibility index (Phi) is 5.13. The van der Waals surface area contributed by atoms with Crippen LogP contribution in [0.15, 0.2) is 53.7 Å². The van der Waals surface area contributed by atoms with Crippen LogP contribution in [0.5, 0.6) is 5.75 Å². The minimum Gasteiger partial charge on any atom is -0.493 e. The Balaban J connectivity index is 1.44. The molecule has 0 bridgehead atoms. The molecule has 0 radical (unpaired) electrons. The van der Waals surface area contributed by atoms with E-state index in [2.05, 4.69) is 14.8 Å². The number of hydrogen-bond acceptors (Lipinski definition) is 4. The number of hydrogen-bond donors (Lipinski definition) is 0. The Hall–Kier alpha value is -2.05. The van der Waals surface area contributed by atoms with Crippen LogP contribution in [0.3, 0.4) is 0 Å². The van der Waals surface area contributed by atoms with E-state index in [1.54, 1.807) is 36.0 Å². The first-order valence-electron chi connectivity index (χ1n) is 8.43. The van der Waals surface area contributed by atoms with Gasteiger partial charge in [0.25, 0.3) is 0 Å². The van der Waals surface area contributed by atoms with Gasteiger partial charge in [0.2, 0.25) is 0 Å². The number of rotatable bonds is 7. The fraction of sp³-hybridized carbons (Fsp3) is 0.263. The van der Waals surface area contributed by atoms with Crippen molar-refractivity contribution in [2.75, 3.05) is 12.4 Å². The van der Waals surface area contributed by atoms with E-state index in [4.69, 9.17) is 16.3 Å². The summed E-state index contributed by atoms with van der Waals surface area (Å²) in [6.45, 7) is 0.541. The van der Waals surface area contributed by atoms with E-state index in [0.29, 0.717) is 29.1 Å². The lowest BCUT2D eigenvalue weighted by atomic mass is 10.2. The van der Waals surface area contributed by atoms with Gasteiger partial charge in [-0.2, -0.15) is 0 Å². The summed E-state index contributed by atoms with van der Waals surface area (Å²) in [5.74, 6) is 1.84. The first kappa shape index (κ1) is 17.4. The predicted molar refractivity (Wildman–Crippen MR) is 101 cm³/mol. The Morgan fingerprint density at radius 2 is 1.88 bits per heavy atom. The van der Waals surface area contributed by atoms with Crippen molar-refractivity contribution >= 4 is 23.4 Å². The molecule has 0 saturated heterocycles. The third kappa shape index (κ3) is 3.86. The van der Waals surface area contributed by atoms with Crippen LogP contribution in [0, 0.1) is 5.82 Å². The summed E-state index contributed by atoms with van der Waals surface area (Å²) in [5.41, 5.74) is 0.496. The molecular weight excluding hydrogens is 373 g/mol. The summed E-state index contributed by atoms with van der Waals surface area (Å²) in [5, 5.41) is 10.0. The third-order valence-electron chi connectivity index (χ3n) is 4.09. The van der Waals surface area contributed by atoms with Gasteiger partial charge in [-0.25, -0.2) is 4.39 Å². The van der Waals surface area contributed by atoms with Crippen LogP contribution < -0.4 is 4.74 Å². The van der Waals surface area contributed by atoms with Crippen molar-refractivity contribution in [1.29, 1.82) is 0 Å². The Morgan fingerprint density at radius 1 is 1.12 bits per heavy atom. The standard InChI is InChI=1S/C19H17ClFN3OS/c20-13-5-9-15(10-6-13)25-11-12-26-19-23-22-18(24(19)14-7-8-14)16-3-1-2-4-17(16)21/h1-6,9-10,14H,7-8,11-12H2. The van der Waals surface area contributed by atoms with Gasteiger partial charge >= 0.3 is 0 Å². The smallest absolute Gasteiger partial charge is 0.191 e. The lowest BCUT2D eigenvalue weighted by molar-refractivity contribution is 0.344. The fourth-order valence-electron chi connectivity index (χ4n) is 2.69. The molecule has 26 heavy (non-hydrogen) atoms. The van der Waals surface area contributed by atoms with Crippen molar-refractivity contribution in [3.63, 3.8) is 0 Å². The predicted octanol–water partition coefficient (Wildman–Crippen LogP) is 5.24. The highest BCUT2D eigenvalue weighted by Gasteiger charge is 2.30. The van der Waals surface area contributed by atoms with Crippen LogP contribution in [0.25, 0.3) is 11.4 Å². The van der Waals surface area contributed by atoms with Crippen LogP contribution >= 0.6 is 23.4 Å². The molecule has 1 aromatic heterocycles. The monoisotopic (exact) mass is 389 g/mol. The second kappa shape index (κ2) is 7.68. The van der Waals surface area contributed by atoms with E-state index in [-0.39, 0.29) is 5.82 Å². The van der Waals surface area contributed by atoms with Crippen LogP contribution in [-0.4, -0.2) is 27.1 Å². The van der Waals surface area contributed by atoms with Crippen LogP contribution in [0.2, 0.25) is 5.02 Å². The molecule has 4 nitrogen and oxygen atoms in total. The molecule has 7 heteroatoms. The van der Waals surface area contributed by atoms with Gasteiger partial charge < -0.3 is 4.74 Å². The molecule has 1 heterocycles.